The molecule has 5 rings (SSSR count). The van der Waals surface area contributed by atoms with Gasteiger partial charge in [-0.15, -0.1) is 0 Å². The Labute approximate surface area is 250 Å². The van der Waals surface area contributed by atoms with Gasteiger partial charge in [-0.2, -0.15) is 5.26 Å². The average Bonchev–Trinajstić information content (AvgIpc) is 3.33. The number of benzene rings is 3. The van der Waals surface area contributed by atoms with Crippen molar-refractivity contribution in [2.75, 3.05) is 31.5 Å². The first-order valence-electron chi connectivity index (χ1n) is 14.0. The van der Waals surface area contributed by atoms with Crippen molar-refractivity contribution in [3.05, 3.63) is 113 Å². The van der Waals surface area contributed by atoms with Gasteiger partial charge in [0, 0.05) is 43.6 Å². The molecule has 9 heteroatoms. The zero-order valence-electron chi connectivity index (χ0n) is 23.7. The number of nitrogens with two attached hydrogens (primary N) is 1. The molecule has 3 aromatic rings. The maximum Gasteiger partial charge on any atom is 0.258 e. The summed E-state index contributed by atoms with van der Waals surface area (Å²) in [7, 11) is 0. The molecule has 0 aromatic heterocycles. The number of amides is 2. The fourth-order valence-corrected chi connectivity index (χ4v) is 6.56. The molecule has 3 aromatic carbocycles. The summed E-state index contributed by atoms with van der Waals surface area (Å²) in [6.07, 6.45) is 0. The van der Waals surface area contributed by atoms with Crippen molar-refractivity contribution in [2.24, 2.45) is 10.7 Å². The van der Waals surface area contributed by atoms with E-state index in [2.05, 4.69) is 69.8 Å². The molecule has 214 valence electrons. The molecule has 3 N–H and O–H groups in total. The second-order valence-electron chi connectivity index (χ2n) is 10.6. The maximum absolute atomic E-state index is 13.9. The van der Waals surface area contributed by atoms with Crippen LogP contribution in [0.4, 0.5) is 5.69 Å². The number of aliphatic imine (C=N–C) groups is 1. The van der Waals surface area contributed by atoms with Gasteiger partial charge in [0.05, 0.1) is 23.2 Å². The highest BCUT2D eigenvalue weighted by Gasteiger charge is 2.40. The minimum atomic E-state index is -0.797. The van der Waals surface area contributed by atoms with Gasteiger partial charge in [0.2, 0.25) is 5.91 Å². The summed E-state index contributed by atoms with van der Waals surface area (Å²) < 4.78 is 0. The summed E-state index contributed by atoms with van der Waals surface area (Å²) in [5, 5.41) is 11.7. The summed E-state index contributed by atoms with van der Waals surface area (Å²) >= 11 is 1.20. The van der Waals surface area contributed by atoms with Crippen molar-refractivity contribution in [3.8, 4) is 6.07 Å². The van der Waals surface area contributed by atoms with Crippen LogP contribution >= 0.6 is 11.8 Å². The minimum Gasteiger partial charge on any atom is -0.400 e. The molecule has 0 saturated carbocycles. The molecular weight excluding hydrogens is 544 g/mol. The molecule has 0 bridgehead atoms. The Kier molecular flexibility index (Phi) is 9.06. The van der Waals surface area contributed by atoms with E-state index in [0.29, 0.717) is 48.0 Å². The standard InChI is InChI=1S/C33H34N6O2S/c1-22(2)36-32-27(28(35)30(42-32)31(40)37-26-15-9-10-23(20-26)21-34)33(41)39-18-16-38(17-19-39)29(24-11-5-3-6-12-24)25-13-7-4-8-14-25/h3-15,20,22,29-30H,16-19,35H2,1-2H3,(H,37,40). The Morgan fingerprint density at radius 3 is 2.14 bits per heavy atom. The van der Waals surface area contributed by atoms with E-state index >= 15 is 0 Å². The van der Waals surface area contributed by atoms with Gasteiger partial charge in [-0.05, 0) is 43.2 Å². The van der Waals surface area contributed by atoms with E-state index in [4.69, 9.17) is 5.73 Å². The first kappa shape index (κ1) is 29.1. The first-order chi connectivity index (χ1) is 20.4. The van der Waals surface area contributed by atoms with Crippen LogP contribution in [-0.2, 0) is 9.59 Å². The topological polar surface area (TPSA) is 115 Å². The molecule has 2 heterocycles. The molecule has 0 spiro atoms. The predicted molar refractivity (Wildman–Crippen MR) is 168 cm³/mol. The van der Waals surface area contributed by atoms with Gasteiger partial charge >= 0.3 is 0 Å². The van der Waals surface area contributed by atoms with Crippen LogP contribution in [0.5, 0.6) is 0 Å². The Balaban J connectivity index is 1.34. The van der Waals surface area contributed by atoms with Gasteiger partial charge in [0.15, 0.2) is 0 Å². The van der Waals surface area contributed by atoms with Gasteiger partial charge in [0.25, 0.3) is 5.91 Å². The van der Waals surface area contributed by atoms with Crippen LogP contribution in [-0.4, -0.2) is 64.1 Å². The Morgan fingerprint density at radius 2 is 1.57 bits per heavy atom. The molecule has 1 unspecified atom stereocenters. The molecule has 2 aliphatic rings. The number of anilines is 1. The molecule has 1 atom stereocenters. The lowest BCUT2D eigenvalue weighted by molar-refractivity contribution is -0.128. The number of carbonyl (C=O) groups is 2. The van der Waals surface area contributed by atoms with Crippen molar-refractivity contribution in [2.45, 2.75) is 31.2 Å². The number of rotatable bonds is 7. The van der Waals surface area contributed by atoms with Crippen molar-refractivity contribution >= 4 is 34.3 Å². The highest BCUT2D eigenvalue weighted by Crippen LogP contribution is 2.36. The zero-order valence-corrected chi connectivity index (χ0v) is 24.6. The third-order valence-corrected chi connectivity index (χ3v) is 8.53. The molecule has 2 amide bonds. The van der Waals surface area contributed by atoms with E-state index in [1.165, 1.54) is 22.9 Å². The highest BCUT2D eigenvalue weighted by atomic mass is 32.2. The van der Waals surface area contributed by atoms with Gasteiger partial charge in [-0.1, -0.05) is 78.5 Å². The van der Waals surface area contributed by atoms with Gasteiger partial charge in [-0.25, -0.2) is 0 Å². The van der Waals surface area contributed by atoms with Crippen LogP contribution in [0, 0.1) is 11.3 Å². The van der Waals surface area contributed by atoms with Crippen LogP contribution in [0.25, 0.3) is 0 Å². The lowest BCUT2D eigenvalue weighted by atomic mass is 9.96. The van der Waals surface area contributed by atoms with Crippen LogP contribution in [0.3, 0.4) is 0 Å². The van der Waals surface area contributed by atoms with E-state index < -0.39 is 5.25 Å². The average molecular weight is 579 g/mol. The van der Waals surface area contributed by atoms with Crippen LogP contribution in [0.15, 0.2) is 101 Å². The van der Waals surface area contributed by atoms with Gasteiger partial charge < -0.3 is 16.0 Å². The highest BCUT2D eigenvalue weighted by molar-refractivity contribution is 8.16. The van der Waals surface area contributed by atoms with Crippen molar-refractivity contribution in [1.82, 2.24) is 9.80 Å². The van der Waals surface area contributed by atoms with Crippen molar-refractivity contribution < 1.29 is 9.59 Å². The molecular formula is C33H34N6O2S. The normalized spacial score (nSPS) is 18.5. The van der Waals surface area contributed by atoms with E-state index in [1.54, 1.807) is 24.3 Å². The summed E-state index contributed by atoms with van der Waals surface area (Å²) in [6.45, 7) is 6.30. The smallest absolute Gasteiger partial charge is 0.258 e. The van der Waals surface area contributed by atoms with E-state index in [9.17, 15) is 14.9 Å². The van der Waals surface area contributed by atoms with Crippen LogP contribution in [0.2, 0.25) is 0 Å². The van der Waals surface area contributed by atoms with E-state index in [0.717, 1.165) is 0 Å². The number of hydrogen-bond donors (Lipinski definition) is 2. The minimum absolute atomic E-state index is 0.0772. The lowest BCUT2D eigenvalue weighted by Gasteiger charge is -2.40. The number of nitriles is 1. The Hall–Kier alpha value is -4.39. The fourth-order valence-electron chi connectivity index (χ4n) is 5.33. The third-order valence-electron chi connectivity index (χ3n) is 7.30. The number of nitrogens with zero attached hydrogens (tertiary/aromatic N) is 4. The molecule has 0 aliphatic carbocycles. The molecule has 0 radical (unpaired) electrons. The second kappa shape index (κ2) is 13.1. The number of nitrogens with one attached hydrogen (secondary N) is 1. The van der Waals surface area contributed by atoms with Crippen LogP contribution in [0.1, 0.15) is 36.6 Å². The number of carbonyl (C=O) groups excluding carboxylic acids is 2. The van der Waals surface area contributed by atoms with Gasteiger partial charge in [0.1, 0.15) is 10.3 Å². The summed E-state index contributed by atoms with van der Waals surface area (Å²) in [6, 6.07) is 29.6. The quantitative estimate of drug-likeness (QED) is 0.425. The van der Waals surface area contributed by atoms with E-state index in [-0.39, 0.29) is 29.6 Å². The predicted octanol–water partition coefficient (Wildman–Crippen LogP) is 4.57. The molecule has 42 heavy (non-hydrogen) atoms. The SMILES string of the molecule is CC(C)N=C1SC(C(=O)Nc2cccc(C#N)c2)C(N)=C1C(=O)N1CCN(C(c2ccccc2)c2ccccc2)CC1. The van der Waals surface area contributed by atoms with Crippen LogP contribution < -0.4 is 11.1 Å². The second-order valence-corrected chi connectivity index (χ2v) is 11.7. The largest absolute Gasteiger partial charge is 0.400 e. The van der Waals surface area contributed by atoms with Gasteiger partial charge in [-0.3, -0.25) is 19.5 Å². The van der Waals surface area contributed by atoms with E-state index in [1.807, 2.05) is 30.9 Å². The maximum atomic E-state index is 13.9. The monoisotopic (exact) mass is 578 g/mol. The summed E-state index contributed by atoms with van der Waals surface area (Å²) in [5.74, 6) is -0.554. The Morgan fingerprint density at radius 1 is 0.952 bits per heavy atom. The number of hydrogen-bond acceptors (Lipinski definition) is 7. The first-order valence-corrected chi connectivity index (χ1v) is 14.9. The van der Waals surface area contributed by atoms with Crippen molar-refractivity contribution in [1.29, 1.82) is 5.26 Å². The summed E-state index contributed by atoms with van der Waals surface area (Å²) in [5.41, 5.74) is 10.4. The van der Waals surface area contributed by atoms with Crippen molar-refractivity contribution in [3.63, 3.8) is 0 Å². The molecule has 8 nitrogen and oxygen atoms in total. The number of thioether (sulfide) groups is 1. The number of piperazine rings is 1. The fraction of sp³-hybridized carbons (Fsp3) is 0.273. The molecule has 2 aliphatic heterocycles. The summed E-state index contributed by atoms with van der Waals surface area (Å²) in [4.78, 5) is 36.1. The third kappa shape index (κ3) is 6.40. The molecule has 1 fully saturated rings. The Bertz CT molecular complexity index is 1500. The lowest BCUT2D eigenvalue weighted by Crippen LogP contribution is -2.50. The molecule has 1 saturated heterocycles. The zero-order chi connectivity index (χ0) is 29.6.